The van der Waals surface area contributed by atoms with Crippen LogP contribution in [0.4, 0.5) is 0 Å². The minimum absolute atomic E-state index is 0.104. The normalized spacial score (nSPS) is 23.2. The van der Waals surface area contributed by atoms with Crippen molar-refractivity contribution in [1.82, 2.24) is 4.90 Å². The Morgan fingerprint density at radius 1 is 1.15 bits per heavy atom. The zero-order valence-corrected chi connectivity index (χ0v) is 11.8. The summed E-state index contributed by atoms with van der Waals surface area (Å²) in [7, 11) is 0. The molecule has 1 aliphatic heterocycles. The van der Waals surface area contributed by atoms with Crippen LogP contribution in [-0.4, -0.2) is 24.5 Å². The van der Waals surface area contributed by atoms with Gasteiger partial charge in [-0.15, -0.1) is 0 Å². The largest absolute Gasteiger partial charge is 0.469 e. The molecule has 2 aromatic rings. The molecule has 1 unspecified atom stereocenters. The molecule has 1 aromatic heterocycles. The van der Waals surface area contributed by atoms with Crippen LogP contribution in [-0.2, 0) is 12.0 Å². The van der Waals surface area contributed by atoms with Crippen LogP contribution in [0.2, 0.25) is 0 Å². The van der Waals surface area contributed by atoms with Gasteiger partial charge in [0.25, 0.3) is 0 Å². The molecule has 1 aliphatic rings. The number of hydrogen-bond acceptors (Lipinski definition) is 3. The van der Waals surface area contributed by atoms with Crippen LogP contribution in [0.3, 0.4) is 0 Å². The van der Waals surface area contributed by atoms with Crippen molar-refractivity contribution >= 4 is 0 Å². The molecule has 1 aromatic carbocycles. The first-order chi connectivity index (χ1) is 9.82. The molecule has 3 rings (SSSR count). The highest BCUT2D eigenvalue weighted by Crippen LogP contribution is 2.38. The number of nitrogens with two attached hydrogens (primary N) is 1. The molecule has 0 saturated carbocycles. The summed E-state index contributed by atoms with van der Waals surface area (Å²) in [5, 5.41) is 0. The van der Waals surface area contributed by atoms with Crippen molar-refractivity contribution in [1.29, 1.82) is 0 Å². The number of nitrogens with zero attached hydrogens (tertiary/aromatic N) is 1. The second-order valence-electron chi connectivity index (χ2n) is 5.74. The zero-order chi connectivity index (χ0) is 13.8. The molecule has 0 spiro atoms. The van der Waals surface area contributed by atoms with Crippen molar-refractivity contribution in [3.63, 3.8) is 0 Å². The summed E-state index contributed by atoms with van der Waals surface area (Å²) in [4.78, 5) is 2.51. The first kappa shape index (κ1) is 13.4. The molecule has 106 valence electrons. The lowest BCUT2D eigenvalue weighted by atomic mass is 9.81. The van der Waals surface area contributed by atoms with E-state index < -0.39 is 0 Å². The van der Waals surface area contributed by atoms with Crippen molar-refractivity contribution in [3.05, 3.63) is 60.1 Å². The molecule has 0 bridgehead atoms. The first-order valence-corrected chi connectivity index (χ1v) is 7.33. The minimum atomic E-state index is 0.104. The Morgan fingerprint density at radius 3 is 2.70 bits per heavy atom. The molecule has 3 nitrogen and oxygen atoms in total. The molecule has 0 radical (unpaired) electrons. The average Bonchev–Trinajstić information content (AvgIpc) is 3.11. The Bertz CT molecular complexity index is 523. The van der Waals surface area contributed by atoms with Crippen molar-refractivity contribution in [2.75, 3.05) is 19.6 Å². The summed E-state index contributed by atoms with van der Waals surface area (Å²) >= 11 is 0. The molecule has 1 atom stereocenters. The van der Waals surface area contributed by atoms with Gasteiger partial charge in [-0.25, -0.2) is 0 Å². The lowest BCUT2D eigenvalue weighted by molar-refractivity contribution is 0.272. The monoisotopic (exact) mass is 270 g/mol. The SMILES string of the molecule is NCCC1(c2ccco2)CCN(Cc2ccccc2)C1. The number of furan rings is 1. The van der Waals surface area contributed by atoms with Crippen LogP contribution in [0.5, 0.6) is 0 Å². The highest BCUT2D eigenvalue weighted by molar-refractivity contribution is 5.20. The van der Waals surface area contributed by atoms with Crippen LogP contribution in [0.1, 0.15) is 24.2 Å². The quantitative estimate of drug-likeness (QED) is 0.908. The molecule has 1 fully saturated rings. The van der Waals surface area contributed by atoms with E-state index in [1.807, 2.05) is 6.07 Å². The van der Waals surface area contributed by atoms with Crippen LogP contribution >= 0.6 is 0 Å². The van der Waals surface area contributed by atoms with E-state index in [-0.39, 0.29) is 5.41 Å². The van der Waals surface area contributed by atoms with Gasteiger partial charge in [0, 0.05) is 18.5 Å². The second kappa shape index (κ2) is 5.81. The summed E-state index contributed by atoms with van der Waals surface area (Å²) < 4.78 is 5.69. The molecule has 1 saturated heterocycles. The van der Waals surface area contributed by atoms with Crippen molar-refractivity contribution in [2.24, 2.45) is 5.73 Å². The molecule has 0 aliphatic carbocycles. The summed E-state index contributed by atoms with van der Waals surface area (Å²) in [6, 6.07) is 14.7. The minimum Gasteiger partial charge on any atom is -0.469 e. The molecule has 20 heavy (non-hydrogen) atoms. The predicted octanol–water partition coefficient (Wildman–Crippen LogP) is 2.77. The van der Waals surface area contributed by atoms with E-state index in [4.69, 9.17) is 10.2 Å². The maximum atomic E-state index is 5.84. The number of hydrogen-bond donors (Lipinski definition) is 1. The highest BCUT2D eigenvalue weighted by Gasteiger charge is 2.40. The lowest BCUT2D eigenvalue weighted by Crippen LogP contribution is -2.32. The predicted molar refractivity (Wildman–Crippen MR) is 80.4 cm³/mol. The Morgan fingerprint density at radius 2 is 2.00 bits per heavy atom. The lowest BCUT2D eigenvalue weighted by Gasteiger charge is -2.27. The zero-order valence-electron chi connectivity index (χ0n) is 11.8. The first-order valence-electron chi connectivity index (χ1n) is 7.33. The Hall–Kier alpha value is -1.58. The van der Waals surface area contributed by atoms with Gasteiger partial charge in [0.15, 0.2) is 0 Å². The van der Waals surface area contributed by atoms with Gasteiger partial charge in [0.05, 0.1) is 6.26 Å². The van der Waals surface area contributed by atoms with E-state index >= 15 is 0 Å². The van der Waals surface area contributed by atoms with E-state index in [1.54, 1.807) is 6.26 Å². The van der Waals surface area contributed by atoms with E-state index in [9.17, 15) is 0 Å². The third kappa shape index (κ3) is 2.65. The third-order valence-corrected chi connectivity index (χ3v) is 4.35. The summed E-state index contributed by atoms with van der Waals surface area (Å²) in [6.45, 7) is 3.86. The molecule has 2 N–H and O–H groups in total. The van der Waals surface area contributed by atoms with E-state index in [1.165, 1.54) is 5.56 Å². The number of rotatable bonds is 5. The van der Waals surface area contributed by atoms with Gasteiger partial charge >= 0.3 is 0 Å². The number of likely N-dealkylation sites (tertiary alicyclic amines) is 1. The van der Waals surface area contributed by atoms with Gasteiger partial charge in [-0.2, -0.15) is 0 Å². The highest BCUT2D eigenvalue weighted by atomic mass is 16.3. The molecular weight excluding hydrogens is 248 g/mol. The van der Waals surface area contributed by atoms with Gasteiger partial charge in [-0.3, -0.25) is 4.90 Å². The van der Waals surface area contributed by atoms with Gasteiger partial charge in [-0.05, 0) is 43.6 Å². The van der Waals surface area contributed by atoms with Crippen LogP contribution in [0.25, 0.3) is 0 Å². The van der Waals surface area contributed by atoms with Crippen molar-refractivity contribution in [2.45, 2.75) is 24.8 Å². The third-order valence-electron chi connectivity index (χ3n) is 4.35. The maximum absolute atomic E-state index is 5.84. The Labute approximate surface area is 120 Å². The Balaban J connectivity index is 1.73. The Kier molecular flexibility index (Phi) is 3.90. The van der Waals surface area contributed by atoms with Gasteiger partial charge in [0.1, 0.15) is 5.76 Å². The van der Waals surface area contributed by atoms with Crippen molar-refractivity contribution in [3.8, 4) is 0 Å². The number of benzene rings is 1. The fraction of sp³-hybridized carbons (Fsp3) is 0.412. The van der Waals surface area contributed by atoms with Gasteiger partial charge in [-0.1, -0.05) is 30.3 Å². The fourth-order valence-corrected chi connectivity index (χ4v) is 3.32. The average molecular weight is 270 g/mol. The second-order valence-corrected chi connectivity index (χ2v) is 5.74. The van der Waals surface area contributed by atoms with E-state index in [2.05, 4.69) is 41.3 Å². The van der Waals surface area contributed by atoms with Crippen LogP contribution in [0, 0.1) is 0 Å². The smallest absolute Gasteiger partial charge is 0.111 e. The molecule has 2 heterocycles. The standard InChI is InChI=1S/C17H22N2O/c18-10-8-17(16-7-4-12-20-16)9-11-19(14-17)13-15-5-2-1-3-6-15/h1-7,12H,8-11,13-14,18H2. The fourth-order valence-electron chi connectivity index (χ4n) is 3.32. The maximum Gasteiger partial charge on any atom is 0.111 e. The molecule has 0 amide bonds. The van der Waals surface area contributed by atoms with Crippen LogP contribution in [0.15, 0.2) is 53.1 Å². The topological polar surface area (TPSA) is 42.4 Å². The summed E-state index contributed by atoms with van der Waals surface area (Å²) in [6.07, 6.45) is 3.89. The van der Waals surface area contributed by atoms with Gasteiger partial charge < -0.3 is 10.2 Å². The van der Waals surface area contributed by atoms with Gasteiger partial charge in [0.2, 0.25) is 0 Å². The van der Waals surface area contributed by atoms with Crippen LogP contribution < -0.4 is 5.73 Å². The molecule has 3 heteroatoms. The van der Waals surface area contributed by atoms with E-state index in [0.717, 1.165) is 38.2 Å². The molecular formula is C17H22N2O. The van der Waals surface area contributed by atoms with Crippen molar-refractivity contribution < 1.29 is 4.42 Å². The summed E-state index contributed by atoms with van der Waals surface area (Å²) in [5.41, 5.74) is 7.31. The summed E-state index contributed by atoms with van der Waals surface area (Å²) in [5.74, 6) is 1.10. The van der Waals surface area contributed by atoms with E-state index in [0.29, 0.717) is 6.54 Å².